The van der Waals surface area contributed by atoms with E-state index in [2.05, 4.69) is 49.1 Å². The van der Waals surface area contributed by atoms with Crippen molar-refractivity contribution in [3.05, 3.63) is 35.0 Å². The Labute approximate surface area is 167 Å². The highest BCUT2D eigenvalue weighted by molar-refractivity contribution is 6.17. The lowest BCUT2D eigenvalue weighted by atomic mass is 10.1. The summed E-state index contributed by atoms with van der Waals surface area (Å²) in [6.07, 6.45) is 0. The molecule has 0 amide bonds. The molecule has 0 aromatic carbocycles. The number of pyridine rings is 1. The summed E-state index contributed by atoms with van der Waals surface area (Å²) in [5.41, 5.74) is -2.79. The van der Waals surface area contributed by atoms with E-state index in [1.54, 1.807) is 4.90 Å². The van der Waals surface area contributed by atoms with Gasteiger partial charge in [-0.15, -0.1) is 0 Å². The van der Waals surface area contributed by atoms with Crippen LogP contribution in [-0.2, 0) is 14.3 Å². The van der Waals surface area contributed by atoms with Crippen molar-refractivity contribution in [2.45, 2.75) is 66.3 Å². The summed E-state index contributed by atoms with van der Waals surface area (Å²) >= 11 is 0. The Morgan fingerprint density at radius 3 is 1.76 bits per heavy atom. The average molecular weight is 422 g/mol. The standard InChI is InChI=1S/C11H7F4NO4.C8H19N/c1-11(2)19-9(17)4(10(18)20-11)3-5(12)7(14)16-8(15)6(3)13;1-6-9(7(2)3)8(4)5/h17H,1-2H3;7-8H,6H2,1-5H3. The van der Waals surface area contributed by atoms with Crippen LogP contribution in [0.4, 0.5) is 17.6 Å². The van der Waals surface area contributed by atoms with Crippen molar-refractivity contribution in [3.63, 3.8) is 0 Å². The summed E-state index contributed by atoms with van der Waals surface area (Å²) in [6, 6.07) is 1.55. The van der Waals surface area contributed by atoms with E-state index in [9.17, 15) is 27.5 Å². The van der Waals surface area contributed by atoms with Crippen LogP contribution in [0.2, 0.25) is 0 Å². The number of nitrogens with one attached hydrogen (secondary N) is 1. The molecule has 0 aliphatic carbocycles. The first kappa shape index (κ1) is 24.7. The maximum Gasteiger partial charge on any atom is 0.342 e. The minimum absolute atomic E-state index is 0.773. The molecule has 10 heteroatoms. The molecule has 0 radical (unpaired) electrons. The van der Waals surface area contributed by atoms with Crippen molar-refractivity contribution in [3.8, 4) is 0 Å². The van der Waals surface area contributed by atoms with Crippen LogP contribution in [0.3, 0.4) is 0 Å². The number of carbonyl (C=O) groups excluding carboxylic acids is 1. The van der Waals surface area contributed by atoms with Gasteiger partial charge in [0.1, 0.15) is 0 Å². The number of hydrogen-bond acceptors (Lipinski definition) is 5. The fourth-order valence-corrected chi connectivity index (χ4v) is 3.05. The third-order valence-electron chi connectivity index (χ3n) is 4.22. The second-order valence-electron chi connectivity index (χ2n) is 7.49. The van der Waals surface area contributed by atoms with Crippen molar-refractivity contribution >= 4 is 11.5 Å². The van der Waals surface area contributed by atoms with Crippen LogP contribution in [0, 0.1) is 23.5 Å². The first-order chi connectivity index (χ1) is 13.2. The molecule has 29 heavy (non-hydrogen) atoms. The summed E-state index contributed by atoms with van der Waals surface area (Å²) in [6.45, 7) is 15.0. The zero-order chi connectivity index (χ0) is 22.7. The second-order valence-corrected chi connectivity index (χ2v) is 7.49. The van der Waals surface area contributed by atoms with E-state index in [0.29, 0.717) is 0 Å². The Morgan fingerprint density at radius 1 is 1.00 bits per heavy atom. The van der Waals surface area contributed by atoms with Gasteiger partial charge in [-0.25, -0.2) is 13.6 Å². The monoisotopic (exact) mass is 422 g/mol. The van der Waals surface area contributed by atoms with E-state index in [1.165, 1.54) is 20.4 Å². The Hall–Kier alpha value is -2.36. The lowest BCUT2D eigenvalue weighted by Crippen LogP contribution is -3.17. The lowest BCUT2D eigenvalue weighted by molar-refractivity contribution is -0.940. The van der Waals surface area contributed by atoms with Gasteiger partial charge in [0, 0.05) is 0 Å². The van der Waals surface area contributed by atoms with Crippen molar-refractivity contribution < 1.29 is 41.8 Å². The van der Waals surface area contributed by atoms with Gasteiger partial charge in [0.05, 0.1) is 35.7 Å². The van der Waals surface area contributed by atoms with Gasteiger partial charge in [0.15, 0.2) is 17.4 Å². The first-order valence-corrected chi connectivity index (χ1v) is 9.13. The number of ether oxygens (including phenoxy) is 2. The highest BCUT2D eigenvalue weighted by atomic mass is 19.2. The number of esters is 1. The zero-order valence-electron chi connectivity index (χ0n) is 17.5. The number of cyclic esters (lactones) is 1. The first-order valence-electron chi connectivity index (χ1n) is 9.13. The van der Waals surface area contributed by atoms with Crippen molar-refractivity contribution in [1.29, 1.82) is 0 Å². The Balaban J connectivity index is 0.000000396. The second kappa shape index (κ2) is 9.43. The summed E-state index contributed by atoms with van der Waals surface area (Å²) < 4.78 is 62.1. The fraction of sp³-hybridized carbons (Fsp3) is 0.579. The predicted molar refractivity (Wildman–Crippen MR) is 94.0 cm³/mol. The van der Waals surface area contributed by atoms with Crippen molar-refractivity contribution in [2.75, 3.05) is 6.54 Å². The van der Waals surface area contributed by atoms with Crippen LogP contribution in [-0.4, -0.2) is 35.4 Å². The summed E-state index contributed by atoms with van der Waals surface area (Å²) in [5.74, 6) is -12.6. The highest BCUT2D eigenvalue weighted by Crippen LogP contribution is 2.33. The number of halogens is 4. The SMILES string of the molecule is CC1(C)OC(=O)C(c2c(F)c(F)nc(F)c2F)=C([O-])O1.CC[NH+](C(C)C)C(C)C. The molecule has 0 spiro atoms. The molecule has 1 aliphatic rings. The Kier molecular flexibility index (Phi) is 8.02. The fourth-order valence-electron chi connectivity index (χ4n) is 3.05. The van der Waals surface area contributed by atoms with Gasteiger partial charge in [-0.1, -0.05) is 0 Å². The minimum atomic E-state index is -2.00. The van der Waals surface area contributed by atoms with E-state index in [1.807, 2.05) is 0 Å². The molecule has 2 heterocycles. The molecule has 0 atom stereocenters. The van der Waals surface area contributed by atoms with E-state index in [4.69, 9.17) is 0 Å². The van der Waals surface area contributed by atoms with Crippen LogP contribution in [0.15, 0.2) is 5.95 Å². The summed E-state index contributed by atoms with van der Waals surface area (Å²) in [5, 5.41) is 11.6. The van der Waals surface area contributed by atoms with Gasteiger partial charge in [-0.05, 0) is 48.5 Å². The van der Waals surface area contributed by atoms with E-state index < -0.39 is 52.4 Å². The summed E-state index contributed by atoms with van der Waals surface area (Å²) in [7, 11) is 0. The van der Waals surface area contributed by atoms with Crippen LogP contribution in [0.5, 0.6) is 0 Å². The lowest BCUT2D eigenvalue weighted by Gasteiger charge is -2.39. The maximum absolute atomic E-state index is 13.5. The number of aromatic nitrogens is 1. The normalized spacial score (nSPS) is 16.0. The molecule has 1 aliphatic heterocycles. The minimum Gasteiger partial charge on any atom is -0.575 e. The molecule has 6 nitrogen and oxygen atoms in total. The van der Waals surface area contributed by atoms with Crippen LogP contribution >= 0.6 is 0 Å². The third kappa shape index (κ3) is 5.81. The molecular weight excluding hydrogens is 396 g/mol. The van der Waals surface area contributed by atoms with E-state index in [0.717, 1.165) is 12.1 Å². The molecular formula is C19H26F4N2O4. The van der Waals surface area contributed by atoms with Gasteiger partial charge in [0.25, 0.3) is 11.9 Å². The molecule has 0 saturated heterocycles. The number of carbonyl (C=O) groups is 1. The zero-order valence-corrected chi connectivity index (χ0v) is 17.5. The predicted octanol–water partition coefficient (Wildman–Crippen LogP) is 1.68. The number of quaternary nitrogens is 1. The van der Waals surface area contributed by atoms with E-state index in [-0.39, 0.29) is 0 Å². The largest absolute Gasteiger partial charge is 0.575 e. The molecule has 1 aromatic heterocycles. The quantitative estimate of drug-likeness (QED) is 0.454. The molecule has 164 valence electrons. The number of hydrogen-bond donors (Lipinski definition) is 1. The summed E-state index contributed by atoms with van der Waals surface area (Å²) in [4.78, 5) is 15.6. The van der Waals surface area contributed by atoms with Gasteiger partial charge in [-0.3, -0.25) is 0 Å². The average Bonchev–Trinajstić information content (AvgIpc) is 2.55. The highest BCUT2D eigenvalue weighted by Gasteiger charge is 2.35. The van der Waals surface area contributed by atoms with Gasteiger partial charge in [0.2, 0.25) is 0 Å². The van der Waals surface area contributed by atoms with Crippen LogP contribution < -0.4 is 10.0 Å². The molecule has 0 unspecified atom stereocenters. The van der Waals surface area contributed by atoms with Crippen LogP contribution in [0.1, 0.15) is 54.0 Å². The van der Waals surface area contributed by atoms with E-state index >= 15 is 0 Å². The Morgan fingerprint density at radius 2 is 1.45 bits per heavy atom. The molecule has 0 saturated carbocycles. The van der Waals surface area contributed by atoms with Gasteiger partial charge in [-0.2, -0.15) is 13.8 Å². The smallest absolute Gasteiger partial charge is 0.342 e. The topological polar surface area (TPSA) is 75.9 Å². The van der Waals surface area contributed by atoms with Crippen molar-refractivity contribution in [1.82, 2.24) is 4.98 Å². The Bertz CT molecular complexity index is 761. The van der Waals surface area contributed by atoms with Gasteiger partial charge < -0.3 is 19.5 Å². The molecule has 1 aromatic rings. The molecule has 2 rings (SSSR count). The van der Waals surface area contributed by atoms with Gasteiger partial charge >= 0.3 is 5.97 Å². The third-order valence-corrected chi connectivity index (χ3v) is 4.22. The molecule has 1 N–H and O–H groups in total. The van der Waals surface area contributed by atoms with Crippen molar-refractivity contribution in [2.24, 2.45) is 0 Å². The maximum atomic E-state index is 13.5. The number of nitrogens with zero attached hydrogens (tertiary/aromatic N) is 1. The van der Waals surface area contributed by atoms with Crippen LogP contribution in [0.25, 0.3) is 5.57 Å². The number of rotatable bonds is 4. The molecule has 0 fully saturated rings. The molecule has 0 bridgehead atoms.